The van der Waals surface area contributed by atoms with Crippen LogP contribution < -0.4 is 9.64 Å². The van der Waals surface area contributed by atoms with Crippen molar-refractivity contribution in [2.75, 3.05) is 18.6 Å². The Kier molecular flexibility index (Phi) is 3.09. The van der Waals surface area contributed by atoms with Crippen molar-refractivity contribution in [1.29, 1.82) is 0 Å². The Morgan fingerprint density at radius 1 is 1.35 bits per heavy atom. The largest absolute Gasteiger partial charge is 0.497 e. The fraction of sp³-hybridized carbons (Fsp3) is 0.500. The maximum Gasteiger partial charge on any atom is 0.157 e. The van der Waals surface area contributed by atoms with E-state index in [1.165, 1.54) is 0 Å². The monoisotopic (exact) mass is 233 g/mol. The Morgan fingerprint density at radius 2 is 2.12 bits per heavy atom. The third-order valence-corrected chi connectivity index (χ3v) is 3.51. The molecule has 1 fully saturated rings. The van der Waals surface area contributed by atoms with Gasteiger partial charge in [0.05, 0.1) is 12.6 Å². The van der Waals surface area contributed by atoms with E-state index in [0.717, 1.165) is 24.4 Å². The van der Waals surface area contributed by atoms with Crippen molar-refractivity contribution in [3.05, 3.63) is 24.3 Å². The van der Waals surface area contributed by atoms with Gasteiger partial charge in [-0.3, -0.25) is 4.79 Å². The first-order chi connectivity index (χ1) is 8.05. The van der Waals surface area contributed by atoms with Crippen LogP contribution in [0.5, 0.6) is 5.75 Å². The van der Waals surface area contributed by atoms with Crippen molar-refractivity contribution in [3.63, 3.8) is 0 Å². The number of ether oxygens (including phenoxy) is 1. The minimum absolute atomic E-state index is 0.312. The fourth-order valence-electron chi connectivity index (χ4n) is 2.36. The van der Waals surface area contributed by atoms with Gasteiger partial charge in [0.1, 0.15) is 5.75 Å². The summed E-state index contributed by atoms with van der Waals surface area (Å²) in [5.41, 5.74) is 0.646. The van der Waals surface area contributed by atoms with Gasteiger partial charge in [0.2, 0.25) is 0 Å². The predicted molar refractivity (Wildman–Crippen MR) is 68.7 cm³/mol. The number of hydrogen-bond acceptors (Lipinski definition) is 3. The minimum Gasteiger partial charge on any atom is -0.497 e. The molecule has 0 spiro atoms. The molecule has 1 aromatic carbocycles. The molecule has 1 saturated heterocycles. The molecule has 0 unspecified atom stereocenters. The zero-order valence-corrected chi connectivity index (χ0v) is 10.7. The number of ketones is 1. The summed E-state index contributed by atoms with van der Waals surface area (Å²) in [6.45, 7) is 4.91. The molecule has 0 bridgehead atoms. The van der Waals surface area contributed by atoms with Crippen LogP contribution in [0, 0.1) is 0 Å². The van der Waals surface area contributed by atoms with E-state index < -0.39 is 5.54 Å². The number of benzene rings is 1. The second kappa shape index (κ2) is 4.40. The number of hydrogen-bond donors (Lipinski definition) is 0. The van der Waals surface area contributed by atoms with Gasteiger partial charge in [-0.15, -0.1) is 0 Å². The molecule has 0 amide bonds. The molecule has 1 heterocycles. The molecular formula is C14H19NO2. The first kappa shape index (κ1) is 12.0. The normalized spacial score (nSPS) is 19.2. The summed E-state index contributed by atoms with van der Waals surface area (Å²) in [6, 6.07) is 7.90. The Morgan fingerprint density at radius 3 is 2.82 bits per heavy atom. The van der Waals surface area contributed by atoms with Crippen molar-refractivity contribution in [2.45, 2.75) is 32.2 Å². The minimum atomic E-state index is -0.412. The number of methoxy groups -OCH3 is 1. The molecular weight excluding hydrogens is 214 g/mol. The summed E-state index contributed by atoms with van der Waals surface area (Å²) in [5.74, 6) is 1.14. The zero-order valence-electron chi connectivity index (χ0n) is 10.7. The molecule has 2 rings (SSSR count). The van der Waals surface area contributed by atoms with Gasteiger partial charge in [-0.1, -0.05) is 6.07 Å². The Bertz CT molecular complexity index is 426. The van der Waals surface area contributed by atoms with Crippen LogP contribution in [0.1, 0.15) is 26.7 Å². The molecule has 1 aliphatic heterocycles. The average Bonchev–Trinajstić information content (AvgIpc) is 2.32. The predicted octanol–water partition coefficient (Wildman–Crippen LogP) is 2.64. The molecule has 1 aromatic rings. The SMILES string of the molecule is COc1cccc(N2CCCC(=O)C2(C)C)c1. The van der Waals surface area contributed by atoms with E-state index in [4.69, 9.17) is 4.74 Å². The van der Waals surface area contributed by atoms with E-state index in [1.807, 2.05) is 38.1 Å². The summed E-state index contributed by atoms with van der Waals surface area (Å²) in [4.78, 5) is 14.1. The standard InChI is InChI=1S/C14H19NO2/c1-14(2)13(16)8-5-9-15(14)11-6-4-7-12(10-11)17-3/h4,6-7,10H,5,8-9H2,1-3H3. The zero-order chi connectivity index (χ0) is 12.5. The van der Waals surface area contributed by atoms with Gasteiger partial charge in [0.25, 0.3) is 0 Å². The lowest BCUT2D eigenvalue weighted by Gasteiger charge is -2.42. The Labute approximate surface area is 102 Å². The molecule has 0 radical (unpaired) electrons. The van der Waals surface area contributed by atoms with Gasteiger partial charge in [0.15, 0.2) is 5.78 Å². The van der Waals surface area contributed by atoms with Crippen molar-refractivity contribution in [1.82, 2.24) is 0 Å². The molecule has 1 aliphatic rings. The second-order valence-electron chi connectivity index (χ2n) is 4.94. The maximum absolute atomic E-state index is 12.0. The van der Waals surface area contributed by atoms with Crippen molar-refractivity contribution in [3.8, 4) is 5.75 Å². The summed E-state index contributed by atoms with van der Waals surface area (Å²) in [5, 5.41) is 0. The topological polar surface area (TPSA) is 29.5 Å². The molecule has 0 N–H and O–H groups in total. The van der Waals surface area contributed by atoms with E-state index in [9.17, 15) is 4.79 Å². The van der Waals surface area contributed by atoms with Crippen LogP contribution in [0.15, 0.2) is 24.3 Å². The lowest BCUT2D eigenvalue weighted by molar-refractivity contribution is -0.124. The highest BCUT2D eigenvalue weighted by Crippen LogP contribution is 2.31. The van der Waals surface area contributed by atoms with E-state index in [2.05, 4.69) is 4.90 Å². The number of carbonyl (C=O) groups excluding carboxylic acids is 1. The highest BCUT2D eigenvalue weighted by Gasteiger charge is 2.37. The Hall–Kier alpha value is -1.51. The lowest BCUT2D eigenvalue weighted by atomic mass is 9.88. The number of anilines is 1. The first-order valence-corrected chi connectivity index (χ1v) is 6.00. The number of piperidine rings is 1. The second-order valence-corrected chi connectivity index (χ2v) is 4.94. The van der Waals surface area contributed by atoms with Gasteiger partial charge in [-0.2, -0.15) is 0 Å². The molecule has 0 saturated carbocycles. The summed E-state index contributed by atoms with van der Waals surface area (Å²) in [6.07, 6.45) is 1.62. The van der Waals surface area contributed by atoms with Crippen molar-refractivity contribution < 1.29 is 9.53 Å². The van der Waals surface area contributed by atoms with Crippen LogP contribution in [-0.4, -0.2) is 25.0 Å². The van der Waals surface area contributed by atoms with Crippen LogP contribution in [0.2, 0.25) is 0 Å². The van der Waals surface area contributed by atoms with Crippen LogP contribution in [0.4, 0.5) is 5.69 Å². The molecule has 0 atom stereocenters. The van der Waals surface area contributed by atoms with Gasteiger partial charge in [-0.25, -0.2) is 0 Å². The first-order valence-electron chi connectivity index (χ1n) is 6.00. The van der Waals surface area contributed by atoms with E-state index >= 15 is 0 Å². The molecule has 0 aromatic heterocycles. The van der Waals surface area contributed by atoms with E-state index in [1.54, 1.807) is 7.11 Å². The highest BCUT2D eigenvalue weighted by molar-refractivity contribution is 5.92. The number of carbonyl (C=O) groups is 1. The molecule has 92 valence electrons. The molecule has 3 heteroatoms. The third-order valence-electron chi connectivity index (χ3n) is 3.51. The summed E-state index contributed by atoms with van der Waals surface area (Å²) < 4.78 is 5.23. The van der Waals surface area contributed by atoms with Crippen LogP contribution in [-0.2, 0) is 4.79 Å². The van der Waals surface area contributed by atoms with Gasteiger partial charge in [-0.05, 0) is 32.4 Å². The maximum atomic E-state index is 12.0. The van der Waals surface area contributed by atoms with Gasteiger partial charge >= 0.3 is 0 Å². The summed E-state index contributed by atoms with van der Waals surface area (Å²) in [7, 11) is 1.66. The van der Waals surface area contributed by atoms with Gasteiger partial charge < -0.3 is 9.64 Å². The van der Waals surface area contributed by atoms with Crippen LogP contribution >= 0.6 is 0 Å². The number of rotatable bonds is 2. The average molecular weight is 233 g/mol. The molecule has 17 heavy (non-hydrogen) atoms. The van der Waals surface area contributed by atoms with Crippen LogP contribution in [0.25, 0.3) is 0 Å². The number of nitrogens with zero attached hydrogens (tertiary/aromatic N) is 1. The molecule has 0 aliphatic carbocycles. The fourth-order valence-corrected chi connectivity index (χ4v) is 2.36. The van der Waals surface area contributed by atoms with Gasteiger partial charge in [0, 0.05) is 24.7 Å². The lowest BCUT2D eigenvalue weighted by Crippen LogP contribution is -2.54. The quantitative estimate of drug-likeness (QED) is 0.786. The summed E-state index contributed by atoms with van der Waals surface area (Å²) >= 11 is 0. The Balaban J connectivity index is 2.34. The smallest absolute Gasteiger partial charge is 0.157 e. The highest BCUT2D eigenvalue weighted by atomic mass is 16.5. The third kappa shape index (κ3) is 2.14. The van der Waals surface area contributed by atoms with E-state index in [0.29, 0.717) is 12.2 Å². The molecule has 3 nitrogen and oxygen atoms in total. The van der Waals surface area contributed by atoms with E-state index in [-0.39, 0.29) is 0 Å². The van der Waals surface area contributed by atoms with Crippen molar-refractivity contribution >= 4 is 11.5 Å². The van der Waals surface area contributed by atoms with Crippen LogP contribution in [0.3, 0.4) is 0 Å². The van der Waals surface area contributed by atoms with Crippen molar-refractivity contribution in [2.24, 2.45) is 0 Å². The number of Topliss-reactive ketones (excluding diaryl/α,β-unsaturated/α-hetero) is 1.